The highest BCUT2D eigenvalue weighted by atomic mass is 19.1. The van der Waals surface area contributed by atoms with E-state index in [0.717, 1.165) is 5.56 Å². The number of nitrogens with two attached hydrogens (primary N) is 1. The molecule has 2 aromatic rings. The van der Waals surface area contributed by atoms with E-state index in [0.29, 0.717) is 36.5 Å². The lowest BCUT2D eigenvalue weighted by molar-refractivity contribution is -0.128. The van der Waals surface area contributed by atoms with E-state index < -0.39 is 11.9 Å². The highest BCUT2D eigenvalue weighted by Gasteiger charge is 2.35. The fraction of sp³-hybridized carbons (Fsp3) is 0.300. The average Bonchev–Trinajstić information content (AvgIpc) is 2.67. The third-order valence-corrected chi connectivity index (χ3v) is 4.40. The number of hydrogen-bond donors (Lipinski definition) is 2. The molecule has 6 nitrogen and oxygen atoms in total. The molecule has 1 heterocycles. The van der Waals surface area contributed by atoms with E-state index in [1.54, 1.807) is 12.1 Å². The number of amides is 2. The number of ether oxygens (including phenoxy) is 1. The maximum absolute atomic E-state index is 13.3. The molecule has 7 heteroatoms. The number of nitrogens with zero attached hydrogens (tertiary/aromatic N) is 1. The number of rotatable bonds is 5. The number of hydrogen-bond acceptors (Lipinski definition) is 4. The molecule has 0 aromatic heterocycles. The number of benzene rings is 2. The zero-order chi connectivity index (χ0) is 19.4. The second-order valence-corrected chi connectivity index (χ2v) is 6.38. The number of carbonyl (C=O) groups excluding carboxylic acids is 2. The quantitative estimate of drug-likeness (QED) is 0.839. The first-order valence-corrected chi connectivity index (χ1v) is 8.79. The van der Waals surface area contributed by atoms with Crippen molar-refractivity contribution in [2.24, 2.45) is 5.73 Å². The van der Waals surface area contributed by atoms with Crippen molar-refractivity contribution in [3.05, 3.63) is 65.0 Å². The second kappa shape index (κ2) is 8.18. The Labute approximate surface area is 157 Å². The van der Waals surface area contributed by atoms with Gasteiger partial charge in [0.2, 0.25) is 5.91 Å². The maximum Gasteiger partial charge on any atom is 0.258 e. The number of piperazine rings is 1. The van der Waals surface area contributed by atoms with E-state index >= 15 is 0 Å². The fourth-order valence-corrected chi connectivity index (χ4v) is 3.12. The van der Waals surface area contributed by atoms with E-state index in [9.17, 15) is 14.0 Å². The molecule has 2 amide bonds. The van der Waals surface area contributed by atoms with Crippen LogP contribution in [0.5, 0.6) is 5.75 Å². The summed E-state index contributed by atoms with van der Waals surface area (Å²) in [7, 11) is 0. The summed E-state index contributed by atoms with van der Waals surface area (Å²) in [4.78, 5) is 27.3. The van der Waals surface area contributed by atoms with E-state index in [4.69, 9.17) is 10.5 Å². The summed E-state index contributed by atoms with van der Waals surface area (Å²) in [6.07, 6.45) is 0. The molecule has 3 rings (SSSR count). The van der Waals surface area contributed by atoms with Crippen LogP contribution in [0.4, 0.5) is 4.39 Å². The molecule has 1 fully saturated rings. The van der Waals surface area contributed by atoms with Gasteiger partial charge in [-0.1, -0.05) is 23.8 Å². The van der Waals surface area contributed by atoms with Crippen LogP contribution >= 0.6 is 0 Å². The SMILES string of the molecule is Cc1ccc(OCCN)c(C(=O)N2CCNC(=O)C2c2ccc(F)cc2)c1. The molecular formula is C20H22FN3O3. The van der Waals surface area contributed by atoms with Crippen LogP contribution in [0.2, 0.25) is 0 Å². The Kier molecular flexibility index (Phi) is 5.71. The van der Waals surface area contributed by atoms with Crippen molar-refractivity contribution < 1.29 is 18.7 Å². The van der Waals surface area contributed by atoms with Gasteiger partial charge in [0.15, 0.2) is 0 Å². The predicted molar refractivity (Wildman–Crippen MR) is 98.9 cm³/mol. The summed E-state index contributed by atoms with van der Waals surface area (Å²) in [5.74, 6) is -0.572. The van der Waals surface area contributed by atoms with Gasteiger partial charge < -0.3 is 20.7 Å². The van der Waals surface area contributed by atoms with Gasteiger partial charge >= 0.3 is 0 Å². The Balaban J connectivity index is 1.97. The normalized spacial score (nSPS) is 16.8. The van der Waals surface area contributed by atoms with Crippen LogP contribution in [0.1, 0.15) is 27.5 Å². The second-order valence-electron chi connectivity index (χ2n) is 6.38. The van der Waals surface area contributed by atoms with Gasteiger partial charge in [0.1, 0.15) is 24.2 Å². The van der Waals surface area contributed by atoms with Crippen molar-refractivity contribution in [1.29, 1.82) is 0 Å². The number of halogens is 1. The minimum absolute atomic E-state index is 0.283. The van der Waals surface area contributed by atoms with Crippen molar-refractivity contribution in [3.8, 4) is 5.75 Å². The topological polar surface area (TPSA) is 84.7 Å². The van der Waals surface area contributed by atoms with Crippen molar-refractivity contribution in [2.75, 3.05) is 26.2 Å². The summed E-state index contributed by atoms with van der Waals surface area (Å²) < 4.78 is 18.9. The van der Waals surface area contributed by atoms with Crippen LogP contribution in [0.3, 0.4) is 0 Å². The average molecular weight is 371 g/mol. The van der Waals surface area contributed by atoms with Crippen LogP contribution < -0.4 is 15.8 Å². The third-order valence-electron chi connectivity index (χ3n) is 4.40. The Morgan fingerprint density at radius 3 is 2.74 bits per heavy atom. The third kappa shape index (κ3) is 4.09. The minimum Gasteiger partial charge on any atom is -0.491 e. The molecule has 142 valence electrons. The minimum atomic E-state index is -0.824. The smallest absolute Gasteiger partial charge is 0.258 e. The van der Waals surface area contributed by atoms with Crippen molar-refractivity contribution in [2.45, 2.75) is 13.0 Å². The zero-order valence-corrected chi connectivity index (χ0v) is 15.1. The van der Waals surface area contributed by atoms with Crippen molar-refractivity contribution in [3.63, 3.8) is 0 Å². The van der Waals surface area contributed by atoms with Crippen LogP contribution in [-0.4, -0.2) is 43.0 Å². The van der Waals surface area contributed by atoms with Crippen molar-refractivity contribution in [1.82, 2.24) is 10.2 Å². The van der Waals surface area contributed by atoms with E-state index in [-0.39, 0.29) is 18.4 Å². The lowest BCUT2D eigenvalue weighted by atomic mass is 10.0. The summed E-state index contributed by atoms with van der Waals surface area (Å²) in [5.41, 5.74) is 7.34. The van der Waals surface area contributed by atoms with Gasteiger partial charge in [0, 0.05) is 19.6 Å². The first-order valence-electron chi connectivity index (χ1n) is 8.79. The van der Waals surface area contributed by atoms with E-state index in [1.165, 1.54) is 29.2 Å². The summed E-state index contributed by atoms with van der Waals surface area (Å²) in [6, 6.07) is 10.1. The Hall–Kier alpha value is -2.93. The molecule has 1 atom stereocenters. The summed E-state index contributed by atoms with van der Waals surface area (Å²) >= 11 is 0. The van der Waals surface area contributed by atoms with Crippen LogP contribution in [0.25, 0.3) is 0 Å². The lowest BCUT2D eigenvalue weighted by Crippen LogP contribution is -2.52. The molecule has 1 aliphatic heterocycles. The van der Waals surface area contributed by atoms with Crippen LogP contribution in [0.15, 0.2) is 42.5 Å². The van der Waals surface area contributed by atoms with Gasteiger partial charge in [0.05, 0.1) is 5.56 Å². The molecule has 2 aromatic carbocycles. The van der Waals surface area contributed by atoms with Gasteiger partial charge in [-0.05, 0) is 36.8 Å². The van der Waals surface area contributed by atoms with Gasteiger partial charge in [-0.15, -0.1) is 0 Å². The number of aryl methyl sites for hydroxylation is 1. The maximum atomic E-state index is 13.3. The predicted octanol–water partition coefficient (Wildman–Crippen LogP) is 1.78. The Bertz CT molecular complexity index is 839. The molecule has 1 unspecified atom stereocenters. The summed E-state index contributed by atoms with van der Waals surface area (Å²) in [5, 5.41) is 2.77. The highest BCUT2D eigenvalue weighted by Crippen LogP contribution is 2.29. The Morgan fingerprint density at radius 2 is 2.04 bits per heavy atom. The molecule has 0 radical (unpaired) electrons. The molecule has 0 bridgehead atoms. The molecule has 0 spiro atoms. The zero-order valence-electron chi connectivity index (χ0n) is 15.1. The molecular weight excluding hydrogens is 349 g/mol. The van der Waals surface area contributed by atoms with Crippen molar-refractivity contribution >= 4 is 11.8 Å². The highest BCUT2D eigenvalue weighted by molar-refractivity contribution is 6.00. The summed E-state index contributed by atoms with van der Waals surface area (Å²) in [6.45, 7) is 3.19. The van der Waals surface area contributed by atoms with Crippen LogP contribution in [-0.2, 0) is 4.79 Å². The molecule has 0 aliphatic carbocycles. The molecule has 3 N–H and O–H groups in total. The van der Waals surface area contributed by atoms with Crippen LogP contribution in [0, 0.1) is 12.7 Å². The van der Waals surface area contributed by atoms with Gasteiger partial charge in [0.25, 0.3) is 5.91 Å². The number of carbonyl (C=O) groups is 2. The monoisotopic (exact) mass is 371 g/mol. The molecule has 27 heavy (non-hydrogen) atoms. The lowest BCUT2D eigenvalue weighted by Gasteiger charge is -2.35. The van der Waals surface area contributed by atoms with E-state index in [2.05, 4.69) is 5.32 Å². The van der Waals surface area contributed by atoms with Gasteiger partial charge in [-0.3, -0.25) is 9.59 Å². The van der Waals surface area contributed by atoms with E-state index in [1.807, 2.05) is 13.0 Å². The standard InChI is InChI=1S/C20H22FN3O3/c1-13-2-7-17(27-11-8-22)16(12-13)20(26)24-10-9-23-19(25)18(24)14-3-5-15(21)6-4-14/h2-7,12,18H,8-11,22H2,1H3,(H,23,25). The first kappa shape index (κ1) is 18.8. The number of nitrogens with one attached hydrogen (secondary N) is 1. The first-order chi connectivity index (χ1) is 13.0. The van der Waals surface area contributed by atoms with Gasteiger partial charge in [-0.2, -0.15) is 0 Å². The fourth-order valence-electron chi connectivity index (χ4n) is 3.12. The molecule has 1 saturated heterocycles. The Morgan fingerprint density at radius 1 is 1.30 bits per heavy atom. The molecule has 0 saturated carbocycles. The van der Waals surface area contributed by atoms with Gasteiger partial charge in [-0.25, -0.2) is 4.39 Å². The molecule has 1 aliphatic rings. The largest absolute Gasteiger partial charge is 0.491 e.